The number of aliphatic carboxylic acids is 1. The van der Waals surface area contributed by atoms with Crippen LogP contribution in [0, 0.1) is 0 Å². The first kappa shape index (κ1) is 12.8. The molecule has 4 nitrogen and oxygen atoms in total. The summed E-state index contributed by atoms with van der Waals surface area (Å²) in [6, 6.07) is 0.495. The molecule has 1 aromatic rings. The van der Waals surface area contributed by atoms with E-state index in [1.807, 2.05) is 0 Å². The summed E-state index contributed by atoms with van der Waals surface area (Å²) in [5, 5.41) is 8.56. The summed E-state index contributed by atoms with van der Waals surface area (Å²) in [5.74, 6) is -1.45. The number of thiophene rings is 1. The van der Waals surface area contributed by atoms with Crippen LogP contribution in [0.5, 0.6) is 0 Å². The van der Waals surface area contributed by atoms with Crippen molar-refractivity contribution >= 4 is 54.9 Å². The van der Waals surface area contributed by atoms with E-state index in [1.165, 1.54) is 11.3 Å². The molecule has 0 aliphatic rings. The first-order valence-corrected chi connectivity index (χ1v) is 6.28. The topological polar surface area (TPSA) is 80.4 Å². The average Bonchev–Trinajstić information content (AvgIpc) is 2.44. The predicted octanol–water partition coefficient (Wildman–Crippen LogP) is 2.26. The molecular weight excluding hydrogens is 350 g/mol. The normalized spacial score (nSPS) is 12.5. The molecule has 0 saturated heterocycles. The summed E-state index contributed by atoms with van der Waals surface area (Å²) in [6.07, 6.45) is -0.197. The maximum absolute atomic E-state index is 11.6. The van der Waals surface area contributed by atoms with Gasteiger partial charge in [0.05, 0.1) is 7.57 Å². The van der Waals surface area contributed by atoms with E-state index in [0.29, 0.717) is 9.35 Å². The smallest absolute Gasteiger partial charge is 0.320 e. The molecule has 0 amide bonds. The Morgan fingerprint density at radius 2 is 2.13 bits per heavy atom. The third-order valence-electron chi connectivity index (χ3n) is 1.68. The van der Waals surface area contributed by atoms with Gasteiger partial charge in [-0.05, 0) is 37.9 Å². The van der Waals surface area contributed by atoms with Gasteiger partial charge in [0.1, 0.15) is 6.04 Å². The van der Waals surface area contributed by atoms with E-state index >= 15 is 0 Å². The number of ketones is 1. The second-order valence-corrected chi connectivity index (χ2v) is 6.56. The number of nitrogens with two attached hydrogens (primary N) is 1. The number of hydrogen-bond acceptors (Lipinski definition) is 4. The van der Waals surface area contributed by atoms with E-state index < -0.39 is 12.0 Å². The Bertz CT molecular complexity index is 405. The number of carbonyl (C=O) groups is 2. The number of rotatable bonds is 4. The number of halogens is 2. The molecule has 0 fully saturated rings. The fourth-order valence-corrected chi connectivity index (χ4v) is 3.78. The minimum Gasteiger partial charge on any atom is -0.480 e. The first-order chi connectivity index (χ1) is 6.91. The third-order valence-corrected chi connectivity index (χ3v) is 4.02. The van der Waals surface area contributed by atoms with Gasteiger partial charge in [0.25, 0.3) is 0 Å². The largest absolute Gasteiger partial charge is 0.480 e. The fraction of sp³-hybridized carbons (Fsp3) is 0.250. The molecule has 0 aromatic carbocycles. The molecule has 0 unspecified atom stereocenters. The lowest BCUT2D eigenvalue weighted by Gasteiger charge is -2.03. The van der Waals surface area contributed by atoms with Crippen molar-refractivity contribution in [2.75, 3.05) is 0 Å². The molecule has 0 radical (unpaired) electrons. The molecule has 0 aliphatic heterocycles. The Balaban J connectivity index is 2.77. The minimum atomic E-state index is -1.17. The van der Waals surface area contributed by atoms with Gasteiger partial charge in [0, 0.05) is 12.0 Å². The van der Waals surface area contributed by atoms with Crippen LogP contribution in [0.3, 0.4) is 0 Å². The van der Waals surface area contributed by atoms with E-state index in [9.17, 15) is 9.59 Å². The highest BCUT2D eigenvalue weighted by molar-refractivity contribution is 9.12. The van der Waals surface area contributed by atoms with Crippen molar-refractivity contribution in [1.29, 1.82) is 0 Å². The molecule has 15 heavy (non-hydrogen) atoms. The van der Waals surface area contributed by atoms with Crippen LogP contribution in [0.1, 0.15) is 16.8 Å². The summed E-state index contributed by atoms with van der Waals surface area (Å²) in [7, 11) is 0. The second-order valence-electron chi connectivity index (χ2n) is 2.81. The summed E-state index contributed by atoms with van der Waals surface area (Å²) in [4.78, 5) is 22.1. The Kier molecular flexibility index (Phi) is 4.45. The van der Waals surface area contributed by atoms with Crippen LogP contribution < -0.4 is 5.73 Å². The second kappa shape index (κ2) is 5.20. The third kappa shape index (κ3) is 3.37. The molecule has 1 heterocycles. The van der Waals surface area contributed by atoms with Crippen LogP contribution in [0.4, 0.5) is 0 Å². The molecule has 82 valence electrons. The van der Waals surface area contributed by atoms with Gasteiger partial charge in [0.2, 0.25) is 0 Å². The predicted molar refractivity (Wildman–Crippen MR) is 64.3 cm³/mol. The fourth-order valence-electron chi connectivity index (χ4n) is 0.927. The van der Waals surface area contributed by atoms with Crippen molar-refractivity contribution in [3.05, 3.63) is 19.2 Å². The summed E-state index contributed by atoms with van der Waals surface area (Å²) >= 11 is 7.82. The van der Waals surface area contributed by atoms with Gasteiger partial charge in [-0.15, -0.1) is 11.3 Å². The summed E-state index contributed by atoms with van der Waals surface area (Å²) < 4.78 is 1.48. The van der Waals surface area contributed by atoms with Gasteiger partial charge in [-0.2, -0.15) is 0 Å². The maximum atomic E-state index is 11.6. The minimum absolute atomic E-state index is 0.197. The standard InChI is InChI=1S/C8H7Br2NO3S/c9-6-1-3(7(10)15-6)5(12)2-4(11)8(13)14/h1,4H,2,11H2,(H,13,14)/t4-/m0/s1. The molecule has 3 N–H and O–H groups in total. The Hall–Kier alpha value is -0.240. The van der Waals surface area contributed by atoms with Crippen molar-refractivity contribution in [3.8, 4) is 0 Å². The van der Waals surface area contributed by atoms with Gasteiger partial charge in [0.15, 0.2) is 5.78 Å². The van der Waals surface area contributed by atoms with Crippen LogP contribution >= 0.6 is 43.2 Å². The summed E-state index contributed by atoms with van der Waals surface area (Å²) in [5.41, 5.74) is 5.73. The molecule has 1 aromatic heterocycles. The number of carbonyl (C=O) groups excluding carboxylic acids is 1. The molecule has 1 rings (SSSR count). The molecule has 0 bridgehead atoms. The first-order valence-electron chi connectivity index (χ1n) is 3.88. The number of Topliss-reactive ketones (excluding diaryl/α,β-unsaturated/α-hetero) is 1. The molecular formula is C8H7Br2NO3S. The highest BCUT2D eigenvalue weighted by atomic mass is 79.9. The zero-order valence-electron chi connectivity index (χ0n) is 7.37. The van der Waals surface area contributed by atoms with Crippen LogP contribution in [0.2, 0.25) is 0 Å². The van der Waals surface area contributed by atoms with Crippen molar-refractivity contribution < 1.29 is 14.7 Å². The molecule has 1 atom stereocenters. The van der Waals surface area contributed by atoms with Gasteiger partial charge in [-0.1, -0.05) is 0 Å². The average molecular weight is 357 g/mol. The Morgan fingerprint density at radius 3 is 2.53 bits per heavy atom. The lowest BCUT2D eigenvalue weighted by molar-refractivity contribution is -0.138. The van der Waals surface area contributed by atoms with Gasteiger partial charge in [-0.3, -0.25) is 9.59 Å². The van der Waals surface area contributed by atoms with E-state index in [1.54, 1.807) is 6.07 Å². The molecule has 0 spiro atoms. The van der Waals surface area contributed by atoms with Crippen molar-refractivity contribution in [2.45, 2.75) is 12.5 Å². The van der Waals surface area contributed by atoms with Crippen LogP contribution in [0.25, 0.3) is 0 Å². The van der Waals surface area contributed by atoms with Crippen LogP contribution in [-0.4, -0.2) is 22.9 Å². The molecule has 0 aliphatic carbocycles. The lowest BCUT2D eigenvalue weighted by atomic mass is 10.1. The van der Waals surface area contributed by atoms with Gasteiger partial charge < -0.3 is 10.8 Å². The molecule has 7 heteroatoms. The van der Waals surface area contributed by atoms with Crippen LogP contribution in [-0.2, 0) is 4.79 Å². The Labute approximate surface area is 107 Å². The van der Waals surface area contributed by atoms with Crippen molar-refractivity contribution in [3.63, 3.8) is 0 Å². The maximum Gasteiger partial charge on any atom is 0.320 e. The van der Waals surface area contributed by atoms with Crippen LogP contribution in [0.15, 0.2) is 13.6 Å². The zero-order valence-corrected chi connectivity index (χ0v) is 11.4. The van der Waals surface area contributed by atoms with E-state index in [4.69, 9.17) is 10.8 Å². The lowest BCUT2D eigenvalue weighted by Crippen LogP contribution is -2.32. The highest BCUT2D eigenvalue weighted by Crippen LogP contribution is 2.32. The van der Waals surface area contributed by atoms with E-state index in [-0.39, 0.29) is 12.2 Å². The van der Waals surface area contributed by atoms with Gasteiger partial charge in [-0.25, -0.2) is 0 Å². The van der Waals surface area contributed by atoms with Crippen molar-refractivity contribution in [2.24, 2.45) is 5.73 Å². The van der Waals surface area contributed by atoms with Crippen molar-refractivity contribution in [1.82, 2.24) is 0 Å². The number of carboxylic acids is 1. The quantitative estimate of drug-likeness (QED) is 0.811. The SMILES string of the molecule is N[C@@H](CC(=O)c1cc(Br)sc1Br)C(=O)O. The Morgan fingerprint density at radius 1 is 1.53 bits per heavy atom. The zero-order chi connectivity index (χ0) is 11.6. The monoisotopic (exact) mass is 355 g/mol. The van der Waals surface area contributed by atoms with E-state index in [2.05, 4.69) is 31.9 Å². The van der Waals surface area contributed by atoms with Gasteiger partial charge >= 0.3 is 5.97 Å². The molecule has 0 saturated carbocycles. The summed E-state index contributed by atoms with van der Waals surface area (Å²) in [6.45, 7) is 0. The number of hydrogen-bond donors (Lipinski definition) is 2. The highest BCUT2D eigenvalue weighted by Gasteiger charge is 2.20. The number of carboxylic acid groups (broad SMARTS) is 1. The van der Waals surface area contributed by atoms with E-state index in [0.717, 1.165) is 3.79 Å².